The molecule has 0 saturated carbocycles. The second kappa shape index (κ2) is 1.28. The van der Waals surface area contributed by atoms with Crippen LogP contribution in [0.4, 0.5) is 5.95 Å². The molecule has 0 aliphatic heterocycles. The van der Waals surface area contributed by atoms with Gasteiger partial charge in [-0.1, -0.05) is 0 Å². The number of imidazole rings is 1. The predicted molar refractivity (Wildman–Crippen MR) is 34.9 cm³/mol. The van der Waals surface area contributed by atoms with Crippen molar-refractivity contribution < 1.29 is 0 Å². The van der Waals surface area contributed by atoms with Gasteiger partial charge in [-0.25, -0.2) is 0 Å². The van der Waals surface area contributed by atoms with Crippen molar-refractivity contribution in [2.24, 2.45) is 0 Å². The van der Waals surface area contributed by atoms with Gasteiger partial charge in [0.15, 0.2) is 11.6 Å². The van der Waals surface area contributed by atoms with Crippen LogP contribution in [-0.2, 0) is 0 Å². The molecule has 2 aromatic heterocycles. The number of aromatic amines is 2. The van der Waals surface area contributed by atoms with Crippen molar-refractivity contribution in [3.63, 3.8) is 0 Å². The van der Waals surface area contributed by atoms with Crippen LogP contribution in [0, 0.1) is 0 Å². The molecule has 46 valence electrons. The van der Waals surface area contributed by atoms with Crippen molar-refractivity contribution >= 4 is 17.1 Å². The summed E-state index contributed by atoms with van der Waals surface area (Å²) in [5, 5.41) is 0. The minimum absolute atomic E-state index is 0.455. The lowest BCUT2D eigenvalue weighted by atomic mass is 10.6. The fourth-order valence-electron chi connectivity index (χ4n) is 0.840. The van der Waals surface area contributed by atoms with E-state index in [0.29, 0.717) is 5.95 Å². The first-order valence-electron chi connectivity index (χ1n) is 2.65. The molecule has 0 bridgehead atoms. The first kappa shape index (κ1) is 4.43. The summed E-state index contributed by atoms with van der Waals surface area (Å²) in [6.07, 6.45) is 1.81. The minimum atomic E-state index is 0.455. The van der Waals surface area contributed by atoms with E-state index in [1.165, 1.54) is 0 Å². The lowest BCUT2D eigenvalue weighted by molar-refractivity contribution is 1.31. The van der Waals surface area contributed by atoms with Gasteiger partial charge in [0.2, 0.25) is 0 Å². The lowest BCUT2D eigenvalue weighted by Crippen LogP contribution is -1.84. The monoisotopic (exact) mass is 122 g/mol. The number of fused-ring (bicyclic) bond motifs is 1. The van der Waals surface area contributed by atoms with E-state index >= 15 is 0 Å². The third-order valence-corrected chi connectivity index (χ3v) is 1.22. The molecule has 0 amide bonds. The maximum absolute atomic E-state index is 5.35. The van der Waals surface area contributed by atoms with Gasteiger partial charge in [0.25, 0.3) is 0 Å². The number of anilines is 1. The van der Waals surface area contributed by atoms with E-state index in [4.69, 9.17) is 5.73 Å². The number of nitrogens with two attached hydrogens (primary N) is 1. The Morgan fingerprint density at radius 2 is 2.44 bits per heavy atom. The molecule has 2 heterocycles. The Kier molecular flexibility index (Phi) is 0.631. The summed E-state index contributed by atoms with van der Waals surface area (Å²) in [7, 11) is 0. The second-order valence-electron chi connectivity index (χ2n) is 1.86. The van der Waals surface area contributed by atoms with E-state index in [2.05, 4.69) is 15.0 Å². The Balaban J connectivity index is 2.92. The van der Waals surface area contributed by atoms with Crippen molar-refractivity contribution in [3.05, 3.63) is 12.3 Å². The van der Waals surface area contributed by atoms with Crippen molar-refractivity contribution in [2.75, 3.05) is 5.73 Å². The van der Waals surface area contributed by atoms with Gasteiger partial charge in [-0.05, 0) is 6.07 Å². The highest BCUT2D eigenvalue weighted by Crippen LogP contribution is 2.08. The topological polar surface area (TPSA) is 70.5 Å². The maximum Gasteiger partial charge on any atom is 0.199 e. The number of nitrogens with one attached hydrogen (secondary N) is 2. The van der Waals surface area contributed by atoms with Gasteiger partial charge in [0, 0.05) is 6.20 Å². The molecule has 0 saturated heterocycles. The van der Waals surface area contributed by atoms with E-state index < -0.39 is 0 Å². The molecule has 4 N–H and O–H groups in total. The van der Waals surface area contributed by atoms with Gasteiger partial charge >= 0.3 is 0 Å². The molecule has 0 radical (unpaired) electrons. The standard InChI is InChI=1S/C5H6N4/c6-5-8-3-1-2-7-4(3)9-5/h1-2,7H,(H3,6,8,9). The van der Waals surface area contributed by atoms with E-state index in [0.717, 1.165) is 11.2 Å². The highest BCUT2D eigenvalue weighted by atomic mass is 15.1. The van der Waals surface area contributed by atoms with Crippen molar-refractivity contribution in [1.82, 2.24) is 15.0 Å². The molecule has 0 atom stereocenters. The number of hydrogen-bond donors (Lipinski definition) is 3. The van der Waals surface area contributed by atoms with Gasteiger partial charge < -0.3 is 15.7 Å². The smallest absolute Gasteiger partial charge is 0.199 e. The van der Waals surface area contributed by atoms with E-state index in [1.807, 2.05) is 12.3 Å². The molecule has 0 aliphatic rings. The Hall–Kier alpha value is -1.45. The third kappa shape index (κ3) is 0.495. The highest BCUT2D eigenvalue weighted by molar-refractivity contribution is 5.73. The van der Waals surface area contributed by atoms with Gasteiger partial charge in [-0.3, -0.25) is 0 Å². The number of nitrogens with zero attached hydrogens (tertiary/aromatic N) is 1. The molecule has 2 aromatic rings. The normalized spacial score (nSPS) is 10.7. The summed E-state index contributed by atoms with van der Waals surface area (Å²) < 4.78 is 0. The predicted octanol–water partition coefficient (Wildman–Crippen LogP) is 0.473. The minimum Gasteiger partial charge on any atom is -0.369 e. The molecule has 0 unspecified atom stereocenters. The average molecular weight is 122 g/mol. The summed E-state index contributed by atoms with van der Waals surface area (Å²) in [5.74, 6) is 0.455. The second-order valence-corrected chi connectivity index (χ2v) is 1.86. The zero-order valence-electron chi connectivity index (χ0n) is 4.68. The number of rotatable bonds is 0. The van der Waals surface area contributed by atoms with Crippen LogP contribution in [0.2, 0.25) is 0 Å². The van der Waals surface area contributed by atoms with E-state index in [9.17, 15) is 0 Å². The van der Waals surface area contributed by atoms with Gasteiger partial charge in [0.05, 0.1) is 5.52 Å². The first-order chi connectivity index (χ1) is 4.36. The summed E-state index contributed by atoms with van der Waals surface area (Å²) in [6, 6.07) is 1.89. The van der Waals surface area contributed by atoms with Crippen molar-refractivity contribution in [2.45, 2.75) is 0 Å². The first-order valence-corrected chi connectivity index (χ1v) is 2.65. The van der Waals surface area contributed by atoms with Gasteiger partial charge in [-0.2, -0.15) is 4.98 Å². The molecular weight excluding hydrogens is 116 g/mol. The molecule has 0 aromatic carbocycles. The molecule has 4 nitrogen and oxygen atoms in total. The summed E-state index contributed by atoms with van der Waals surface area (Å²) in [6.45, 7) is 0. The van der Waals surface area contributed by atoms with Crippen LogP contribution in [0.3, 0.4) is 0 Å². The molecular formula is C5H6N4. The maximum atomic E-state index is 5.35. The van der Waals surface area contributed by atoms with Crippen LogP contribution in [0.5, 0.6) is 0 Å². The van der Waals surface area contributed by atoms with E-state index in [-0.39, 0.29) is 0 Å². The number of nitrogen functional groups attached to an aromatic ring is 1. The number of H-pyrrole nitrogens is 2. The van der Waals surface area contributed by atoms with Crippen LogP contribution in [0.15, 0.2) is 12.3 Å². The van der Waals surface area contributed by atoms with Crippen molar-refractivity contribution in [3.8, 4) is 0 Å². The SMILES string of the molecule is Nc1nc2[nH]ccc2[nH]1. The molecule has 0 fully saturated rings. The number of hydrogen-bond acceptors (Lipinski definition) is 2. The Bertz CT molecular complexity index is 290. The van der Waals surface area contributed by atoms with Crippen molar-refractivity contribution in [1.29, 1.82) is 0 Å². The summed E-state index contributed by atoms with van der Waals surface area (Å²) >= 11 is 0. The molecule has 9 heavy (non-hydrogen) atoms. The van der Waals surface area contributed by atoms with Crippen LogP contribution in [-0.4, -0.2) is 15.0 Å². The quantitative estimate of drug-likeness (QED) is 0.475. The summed E-state index contributed by atoms with van der Waals surface area (Å²) in [4.78, 5) is 9.73. The fraction of sp³-hybridized carbons (Fsp3) is 0. The largest absolute Gasteiger partial charge is 0.369 e. The van der Waals surface area contributed by atoms with E-state index in [1.54, 1.807) is 0 Å². The Morgan fingerprint density at radius 1 is 1.56 bits per heavy atom. The van der Waals surface area contributed by atoms with Crippen LogP contribution in [0.25, 0.3) is 11.2 Å². The molecule has 0 spiro atoms. The molecule has 2 rings (SSSR count). The fourth-order valence-corrected chi connectivity index (χ4v) is 0.840. The Morgan fingerprint density at radius 3 is 3.22 bits per heavy atom. The summed E-state index contributed by atoms with van der Waals surface area (Å²) in [5.41, 5.74) is 7.11. The van der Waals surface area contributed by atoms with Crippen LogP contribution >= 0.6 is 0 Å². The molecule has 0 aliphatic carbocycles. The zero-order valence-corrected chi connectivity index (χ0v) is 4.68. The molecule has 4 heteroatoms. The average Bonchev–Trinajstić information content (AvgIpc) is 2.22. The van der Waals surface area contributed by atoms with Gasteiger partial charge in [-0.15, -0.1) is 0 Å². The lowest BCUT2D eigenvalue weighted by Gasteiger charge is -1.74. The zero-order chi connectivity index (χ0) is 6.27. The highest BCUT2D eigenvalue weighted by Gasteiger charge is 1.96. The number of aromatic nitrogens is 3. The third-order valence-electron chi connectivity index (χ3n) is 1.22. The van der Waals surface area contributed by atoms with Crippen LogP contribution < -0.4 is 5.73 Å². The Labute approximate surface area is 51.1 Å². The van der Waals surface area contributed by atoms with Crippen LogP contribution in [0.1, 0.15) is 0 Å². The van der Waals surface area contributed by atoms with Gasteiger partial charge in [0.1, 0.15) is 0 Å².